The van der Waals surface area contributed by atoms with Gasteiger partial charge in [0.1, 0.15) is 0 Å². The Morgan fingerprint density at radius 3 is 2.70 bits per heavy atom. The maximum absolute atomic E-state index is 11.5. The number of hydrogen-bond acceptors (Lipinski definition) is 4. The maximum atomic E-state index is 11.5. The first-order chi connectivity index (χ1) is 9.56. The predicted octanol–water partition coefficient (Wildman–Crippen LogP) is 0.838. The summed E-state index contributed by atoms with van der Waals surface area (Å²) in [6.45, 7) is 0.599. The number of nitrogens with two attached hydrogens (primary N) is 2. The van der Waals surface area contributed by atoms with Crippen LogP contribution in [0.3, 0.4) is 0 Å². The molecule has 108 valence electrons. The van der Waals surface area contributed by atoms with Crippen molar-refractivity contribution >= 4 is 23.2 Å². The number of nitrogens with one attached hydrogen (secondary N) is 2. The molecular weight excluding hydrogens is 256 g/mol. The van der Waals surface area contributed by atoms with Crippen LogP contribution in [0, 0.1) is 0 Å². The fourth-order valence-corrected chi connectivity index (χ4v) is 1.92. The van der Waals surface area contributed by atoms with E-state index < -0.39 is 5.91 Å². The van der Waals surface area contributed by atoms with Crippen molar-refractivity contribution in [2.24, 2.45) is 5.73 Å². The van der Waals surface area contributed by atoms with Gasteiger partial charge in [-0.1, -0.05) is 0 Å². The fourth-order valence-electron chi connectivity index (χ4n) is 1.92. The molecule has 6 heteroatoms. The Kier molecular flexibility index (Phi) is 4.45. The Bertz CT molecular complexity index is 512. The molecule has 2 amide bonds. The average molecular weight is 276 g/mol. The number of carbonyl (C=O) groups is 2. The monoisotopic (exact) mass is 276 g/mol. The molecule has 1 aliphatic carbocycles. The second kappa shape index (κ2) is 6.27. The van der Waals surface area contributed by atoms with Gasteiger partial charge in [0.2, 0.25) is 5.91 Å². The second-order valence-electron chi connectivity index (χ2n) is 5.04. The summed E-state index contributed by atoms with van der Waals surface area (Å²) in [6.07, 6.45) is 3.36. The van der Waals surface area contributed by atoms with Crippen molar-refractivity contribution in [2.45, 2.75) is 31.7 Å². The molecule has 2 rings (SSSR count). The van der Waals surface area contributed by atoms with E-state index in [0.29, 0.717) is 42.4 Å². The van der Waals surface area contributed by atoms with E-state index in [-0.39, 0.29) is 5.91 Å². The van der Waals surface area contributed by atoms with Gasteiger partial charge < -0.3 is 22.1 Å². The molecule has 6 N–H and O–H groups in total. The molecule has 1 aromatic carbocycles. The van der Waals surface area contributed by atoms with Gasteiger partial charge in [0.05, 0.1) is 5.56 Å². The highest BCUT2D eigenvalue weighted by Crippen LogP contribution is 2.19. The van der Waals surface area contributed by atoms with E-state index in [9.17, 15) is 9.59 Å². The third-order valence-electron chi connectivity index (χ3n) is 3.15. The Morgan fingerprint density at radius 1 is 1.30 bits per heavy atom. The molecule has 0 saturated heterocycles. The molecule has 0 aliphatic heterocycles. The molecular formula is C14H20N4O2. The normalized spacial score (nSPS) is 13.8. The second-order valence-corrected chi connectivity index (χ2v) is 5.04. The summed E-state index contributed by atoms with van der Waals surface area (Å²) in [5.74, 6) is -0.437. The van der Waals surface area contributed by atoms with Gasteiger partial charge in [0.15, 0.2) is 0 Å². The highest BCUT2D eigenvalue weighted by Gasteiger charge is 2.22. The van der Waals surface area contributed by atoms with Crippen LogP contribution in [-0.2, 0) is 4.79 Å². The molecule has 1 aliphatic rings. The first-order valence-electron chi connectivity index (χ1n) is 6.79. The zero-order chi connectivity index (χ0) is 14.5. The Hall–Kier alpha value is -2.24. The number of anilines is 2. The van der Waals surface area contributed by atoms with Crippen LogP contribution in [0.2, 0.25) is 0 Å². The van der Waals surface area contributed by atoms with Crippen molar-refractivity contribution in [3.63, 3.8) is 0 Å². The number of primary amides is 1. The minimum absolute atomic E-state index is 0.0849. The molecule has 6 nitrogen and oxygen atoms in total. The van der Waals surface area contributed by atoms with Crippen LogP contribution in [0.4, 0.5) is 11.4 Å². The molecule has 0 atom stereocenters. The van der Waals surface area contributed by atoms with Gasteiger partial charge in [0, 0.05) is 30.4 Å². The quantitative estimate of drug-likeness (QED) is 0.437. The number of carbonyl (C=O) groups excluding carboxylic acids is 2. The van der Waals surface area contributed by atoms with Crippen LogP contribution in [0.25, 0.3) is 0 Å². The lowest BCUT2D eigenvalue weighted by Gasteiger charge is -2.10. The van der Waals surface area contributed by atoms with Gasteiger partial charge in [-0.3, -0.25) is 9.59 Å². The molecule has 1 saturated carbocycles. The lowest BCUT2D eigenvalue weighted by atomic mass is 10.1. The summed E-state index contributed by atoms with van der Waals surface area (Å²) >= 11 is 0. The van der Waals surface area contributed by atoms with Gasteiger partial charge in [0.25, 0.3) is 5.91 Å². The van der Waals surface area contributed by atoms with Crippen molar-refractivity contribution in [3.8, 4) is 0 Å². The molecule has 0 unspecified atom stereocenters. The molecule has 0 radical (unpaired) electrons. The molecule has 1 fully saturated rings. The van der Waals surface area contributed by atoms with Crippen LogP contribution in [0.15, 0.2) is 18.2 Å². The fraction of sp³-hybridized carbons (Fsp3) is 0.429. The highest BCUT2D eigenvalue weighted by molar-refractivity contribution is 5.99. The van der Waals surface area contributed by atoms with E-state index in [1.165, 1.54) is 0 Å². The number of rotatable bonds is 7. The average Bonchev–Trinajstić information content (AvgIpc) is 3.19. The SMILES string of the molecule is NC(=O)c1cc(N)ccc1NCCCC(=O)NC1CC1. The first-order valence-corrected chi connectivity index (χ1v) is 6.79. The summed E-state index contributed by atoms with van der Waals surface area (Å²) in [4.78, 5) is 22.8. The number of nitrogen functional groups attached to an aromatic ring is 1. The van der Waals surface area contributed by atoms with E-state index in [0.717, 1.165) is 12.8 Å². The molecule has 0 heterocycles. The van der Waals surface area contributed by atoms with E-state index >= 15 is 0 Å². The summed E-state index contributed by atoms with van der Waals surface area (Å²) in [6, 6.07) is 5.37. The van der Waals surface area contributed by atoms with Crippen molar-refractivity contribution in [1.82, 2.24) is 5.32 Å². The number of hydrogen-bond donors (Lipinski definition) is 4. The highest BCUT2D eigenvalue weighted by atomic mass is 16.2. The molecule has 0 bridgehead atoms. The van der Waals surface area contributed by atoms with Crippen LogP contribution in [0.5, 0.6) is 0 Å². The Morgan fingerprint density at radius 2 is 2.05 bits per heavy atom. The first kappa shape index (κ1) is 14.2. The summed E-state index contributed by atoms with van der Waals surface area (Å²) in [5.41, 5.74) is 12.4. The standard InChI is InChI=1S/C14H20N4O2/c15-9-3-6-12(11(8-9)14(16)20)17-7-1-2-13(19)18-10-4-5-10/h3,6,8,10,17H,1-2,4-5,7,15H2,(H2,16,20)(H,18,19). The van der Waals surface area contributed by atoms with Crippen LogP contribution in [0.1, 0.15) is 36.0 Å². The van der Waals surface area contributed by atoms with E-state index in [4.69, 9.17) is 11.5 Å². The smallest absolute Gasteiger partial charge is 0.250 e. The largest absolute Gasteiger partial charge is 0.399 e. The Balaban J connectivity index is 1.78. The maximum Gasteiger partial charge on any atom is 0.250 e. The lowest BCUT2D eigenvalue weighted by Crippen LogP contribution is -2.25. The van der Waals surface area contributed by atoms with Gasteiger partial charge in [-0.05, 0) is 37.5 Å². The van der Waals surface area contributed by atoms with Crippen molar-refractivity contribution in [2.75, 3.05) is 17.6 Å². The van der Waals surface area contributed by atoms with Crippen molar-refractivity contribution < 1.29 is 9.59 Å². The molecule has 20 heavy (non-hydrogen) atoms. The van der Waals surface area contributed by atoms with Crippen LogP contribution < -0.4 is 22.1 Å². The van der Waals surface area contributed by atoms with Crippen LogP contribution in [-0.4, -0.2) is 24.4 Å². The number of benzene rings is 1. The lowest BCUT2D eigenvalue weighted by molar-refractivity contribution is -0.121. The van der Waals surface area contributed by atoms with Gasteiger partial charge in [-0.15, -0.1) is 0 Å². The zero-order valence-corrected chi connectivity index (χ0v) is 11.3. The molecule has 0 aromatic heterocycles. The zero-order valence-electron chi connectivity index (χ0n) is 11.3. The van der Waals surface area contributed by atoms with Crippen molar-refractivity contribution in [1.29, 1.82) is 0 Å². The van der Waals surface area contributed by atoms with E-state index in [1.54, 1.807) is 18.2 Å². The summed E-state index contributed by atoms with van der Waals surface area (Å²) in [5, 5.41) is 6.04. The van der Waals surface area contributed by atoms with Crippen molar-refractivity contribution in [3.05, 3.63) is 23.8 Å². The third kappa shape index (κ3) is 4.15. The summed E-state index contributed by atoms with van der Waals surface area (Å²) < 4.78 is 0. The molecule has 0 spiro atoms. The van der Waals surface area contributed by atoms with E-state index in [2.05, 4.69) is 10.6 Å². The molecule has 1 aromatic rings. The minimum atomic E-state index is -0.522. The summed E-state index contributed by atoms with van der Waals surface area (Å²) in [7, 11) is 0. The van der Waals surface area contributed by atoms with Gasteiger partial charge >= 0.3 is 0 Å². The van der Waals surface area contributed by atoms with Gasteiger partial charge in [-0.2, -0.15) is 0 Å². The Labute approximate surface area is 117 Å². The predicted molar refractivity (Wildman–Crippen MR) is 78.3 cm³/mol. The minimum Gasteiger partial charge on any atom is -0.399 e. The third-order valence-corrected chi connectivity index (χ3v) is 3.15. The van der Waals surface area contributed by atoms with Crippen LogP contribution >= 0.6 is 0 Å². The topological polar surface area (TPSA) is 110 Å². The van der Waals surface area contributed by atoms with Gasteiger partial charge in [-0.25, -0.2) is 0 Å². The number of amides is 2. The van der Waals surface area contributed by atoms with E-state index in [1.807, 2.05) is 0 Å².